The molecule has 0 radical (unpaired) electrons. The highest BCUT2D eigenvalue weighted by Crippen LogP contribution is 2.32. The third kappa shape index (κ3) is 3.11. The molecule has 2 heterocycles. The fourth-order valence-electron chi connectivity index (χ4n) is 3.01. The molecule has 1 aliphatic rings. The lowest BCUT2D eigenvalue weighted by atomic mass is 9.85. The van der Waals surface area contributed by atoms with Crippen LogP contribution in [-0.2, 0) is 0 Å². The minimum absolute atomic E-state index is 0.119. The fraction of sp³-hybridized carbons (Fsp3) is 0.625. The van der Waals surface area contributed by atoms with Crippen LogP contribution in [-0.4, -0.2) is 23.9 Å². The SMILES string of the molecule is Cc1cc(C)c(C(=N)N)c(N2CCCC(C)(C)CC2)n1. The second-order valence-electron chi connectivity index (χ2n) is 6.70. The fourth-order valence-corrected chi connectivity index (χ4v) is 3.01. The van der Waals surface area contributed by atoms with E-state index in [1.807, 2.05) is 19.9 Å². The van der Waals surface area contributed by atoms with Gasteiger partial charge in [0.05, 0.1) is 5.56 Å². The van der Waals surface area contributed by atoms with Gasteiger partial charge in [-0.2, -0.15) is 0 Å². The Morgan fingerprint density at radius 1 is 1.30 bits per heavy atom. The van der Waals surface area contributed by atoms with Crippen molar-refractivity contribution in [1.29, 1.82) is 5.41 Å². The van der Waals surface area contributed by atoms with Gasteiger partial charge in [0.1, 0.15) is 11.7 Å². The van der Waals surface area contributed by atoms with Crippen LogP contribution >= 0.6 is 0 Å². The third-order valence-electron chi connectivity index (χ3n) is 4.23. The molecule has 0 atom stereocenters. The molecular weight excluding hydrogens is 248 g/mol. The maximum atomic E-state index is 7.85. The Kier molecular flexibility index (Phi) is 4.02. The highest BCUT2D eigenvalue weighted by atomic mass is 15.2. The maximum Gasteiger partial charge on any atom is 0.140 e. The van der Waals surface area contributed by atoms with E-state index in [-0.39, 0.29) is 5.84 Å². The third-order valence-corrected chi connectivity index (χ3v) is 4.23. The van der Waals surface area contributed by atoms with E-state index in [4.69, 9.17) is 11.1 Å². The van der Waals surface area contributed by atoms with Crippen LogP contribution < -0.4 is 10.6 Å². The quantitative estimate of drug-likeness (QED) is 0.643. The molecule has 110 valence electrons. The Morgan fingerprint density at radius 3 is 2.65 bits per heavy atom. The normalized spacial score (nSPS) is 18.7. The number of hydrogen-bond donors (Lipinski definition) is 2. The summed E-state index contributed by atoms with van der Waals surface area (Å²) in [5.41, 5.74) is 9.01. The van der Waals surface area contributed by atoms with Gasteiger partial charge in [0.2, 0.25) is 0 Å². The van der Waals surface area contributed by atoms with Gasteiger partial charge in [0.15, 0.2) is 0 Å². The summed E-state index contributed by atoms with van der Waals surface area (Å²) in [6.07, 6.45) is 3.56. The lowest BCUT2D eigenvalue weighted by Crippen LogP contribution is -2.30. The van der Waals surface area contributed by atoms with Crippen molar-refractivity contribution < 1.29 is 0 Å². The van der Waals surface area contributed by atoms with E-state index < -0.39 is 0 Å². The zero-order valence-electron chi connectivity index (χ0n) is 13.1. The summed E-state index contributed by atoms with van der Waals surface area (Å²) in [6, 6.07) is 2.00. The lowest BCUT2D eigenvalue weighted by Gasteiger charge is -2.26. The van der Waals surface area contributed by atoms with Gasteiger partial charge in [0, 0.05) is 18.8 Å². The van der Waals surface area contributed by atoms with Crippen molar-refractivity contribution in [3.05, 3.63) is 22.9 Å². The van der Waals surface area contributed by atoms with Crippen molar-refractivity contribution in [2.45, 2.75) is 47.0 Å². The van der Waals surface area contributed by atoms with Crippen molar-refractivity contribution in [3.8, 4) is 0 Å². The van der Waals surface area contributed by atoms with E-state index in [2.05, 4.69) is 23.7 Å². The Bertz CT molecular complexity index is 519. The van der Waals surface area contributed by atoms with E-state index in [0.29, 0.717) is 5.41 Å². The molecule has 1 aliphatic heterocycles. The molecule has 1 saturated heterocycles. The van der Waals surface area contributed by atoms with Crippen LogP contribution in [0.5, 0.6) is 0 Å². The van der Waals surface area contributed by atoms with Crippen LogP contribution in [0.25, 0.3) is 0 Å². The van der Waals surface area contributed by atoms with Crippen LogP contribution in [0.15, 0.2) is 6.07 Å². The number of aromatic nitrogens is 1. The monoisotopic (exact) mass is 274 g/mol. The zero-order chi connectivity index (χ0) is 14.9. The number of pyridine rings is 1. The average Bonchev–Trinajstić information content (AvgIpc) is 2.48. The summed E-state index contributed by atoms with van der Waals surface area (Å²) in [7, 11) is 0. The van der Waals surface area contributed by atoms with Crippen LogP contribution in [0.1, 0.15) is 49.9 Å². The molecule has 4 heteroatoms. The lowest BCUT2D eigenvalue weighted by molar-refractivity contribution is 0.325. The van der Waals surface area contributed by atoms with Crippen molar-refractivity contribution in [2.75, 3.05) is 18.0 Å². The first-order valence-corrected chi connectivity index (χ1v) is 7.38. The largest absolute Gasteiger partial charge is 0.384 e. The first-order chi connectivity index (χ1) is 9.30. The second kappa shape index (κ2) is 5.43. The standard InChI is InChI=1S/C16H26N4/c1-11-10-12(2)19-15(13(11)14(17)18)20-8-5-6-16(3,4)7-9-20/h10H,5-9H2,1-4H3,(H3,17,18). The van der Waals surface area contributed by atoms with Gasteiger partial charge in [-0.05, 0) is 50.2 Å². The van der Waals surface area contributed by atoms with Crippen LogP contribution in [0.4, 0.5) is 5.82 Å². The van der Waals surface area contributed by atoms with E-state index in [0.717, 1.165) is 42.1 Å². The molecule has 3 N–H and O–H groups in total. The summed E-state index contributed by atoms with van der Waals surface area (Å²) in [5.74, 6) is 1.02. The van der Waals surface area contributed by atoms with Gasteiger partial charge < -0.3 is 10.6 Å². The minimum atomic E-state index is 0.119. The Balaban J connectivity index is 2.39. The molecule has 0 spiro atoms. The van der Waals surface area contributed by atoms with E-state index in [1.165, 1.54) is 12.8 Å². The number of hydrogen-bond acceptors (Lipinski definition) is 3. The van der Waals surface area contributed by atoms with Crippen molar-refractivity contribution in [3.63, 3.8) is 0 Å². The topological polar surface area (TPSA) is 66.0 Å². The van der Waals surface area contributed by atoms with Crippen molar-refractivity contribution in [1.82, 2.24) is 4.98 Å². The van der Waals surface area contributed by atoms with Gasteiger partial charge in [-0.3, -0.25) is 5.41 Å². The molecule has 20 heavy (non-hydrogen) atoms. The van der Waals surface area contributed by atoms with Crippen molar-refractivity contribution in [2.24, 2.45) is 11.1 Å². The summed E-state index contributed by atoms with van der Waals surface area (Å²) < 4.78 is 0. The van der Waals surface area contributed by atoms with Crippen molar-refractivity contribution >= 4 is 11.7 Å². The Morgan fingerprint density at radius 2 is 2.00 bits per heavy atom. The predicted octanol–water partition coefficient (Wildman–Crippen LogP) is 3.00. The first-order valence-electron chi connectivity index (χ1n) is 7.38. The number of nitrogen functional groups attached to an aromatic ring is 1. The number of amidine groups is 1. The maximum absolute atomic E-state index is 7.85. The molecular formula is C16H26N4. The summed E-state index contributed by atoms with van der Waals surface area (Å²) in [6.45, 7) is 10.7. The second-order valence-corrected chi connectivity index (χ2v) is 6.70. The van der Waals surface area contributed by atoms with Gasteiger partial charge >= 0.3 is 0 Å². The number of rotatable bonds is 2. The number of nitrogens with zero attached hydrogens (tertiary/aromatic N) is 2. The van der Waals surface area contributed by atoms with E-state index >= 15 is 0 Å². The average molecular weight is 274 g/mol. The highest BCUT2D eigenvalue weighted by molar-refractivity contribution is 6.01. The highest BCUT2D eigenvalue weighted by Gasteiger charge is 2.25. The van der Waals surface area contributed by atoms with Gasteiger partial charge in [-0.25, -0.2) is 4.98 Å². The summed E-state index contributed by atoms with van der Waals surface area (Å²) in [5, 5.41) is 7.85. The number of nitrogens with one attached hydrogen (secondary N) is 1. The molecule has 0 unspecified atom stereocenters. The number of nitrogens with two attached hydrogens (primary N) is 1. The van der Waals surface area contributed by atoms with Gasteiger partial charge in [-0.1, -0.05) is 13.8 Å². The molecule has 1 aromatic rings. The summed E-state index contributed by atoms with van der Waals surface area (Å²) >= 11 is 0. The molecule has 1 fully saturated rings. The first kappa shape index (κ1) is 14.8. The molecule has 2 rings (SSSR count). The summed E-state index contributed by atoms with van der Waals surface area (Å²) in [4.78, 5) is 6.98. The van der Waals surface area contributed by atoms with E-state index in [1.54, 1.807) is 0 Å². The molecule has 0 bridgehead atoms. The Labute approximate surface area is 121 Å². The molecule has 0 amide bonds. The smallest absolute Gasteiger partial charge is 0.140 e. The number of aryl methyl sites for hydroxylation is 2. The minimum Gasteiger partial charge on any atom is -0.384 e. The van der Waals surface area contributed by atoms with Crippen LogP contribution in [0.3, 0.4) is 0 Å². The molecule has 0 aliphatic carbocycles. The van der Waals surface area contributed by atoms with Crippen LogP contribution in [0, 0.1) is 24.7 Å². The molecule has 0 aromatic carbocycles. The molecule has 1 aromatic heterocycles. The van der Waals surface area contributed by atoms with E-state index in [9.17, 15) is 0 Å². The molecule has 4 nitrogen and oxygen atoms in total. The zero-order valence-corrected chi connectivity index (χ0v) is 13.1. The predicted molar refractivity (Wildman–Crippen MR) is 84.6 cm³/mol. The van der Waals surface area contributed by atoms with Gasteiger partial charge in [-0.15, -0.1) is 0 Å². The van der Waals surface area contributed by atoms with Gasteiger partial charge in [0.25, 0.3) is 0 Å². The number of anilines is 1. The molecule has 0 saturated carbocycles. The van der Waals surface area contributed by atoms with Crippen LogP contribution in [0.2, 0.25) is 0 Å². The Hall–Kier alpha value is -1.58.